The number of hydrogen-bond donors (Lipinski definition) is 2. The van der Waals surface area contributed by atoms with Crippen LogP contribution in [0.2, 0.25) is 0 Å². The molecule has 0 fully saturated rings. The quantitative estimate of drug-likeness (QED) is 0.729. The molecule has 0 aliphatic heterocycles. The fourth-order valence-electron chi connectivity index (χ4n) is 2.21. The van der Waals surface area contributed by atoms with Crippen LogP contribution in [0.15, 0.2) is 35.1 Å². The monoisotopic (exact) mass is 300 g/mol. The minimum absolute atomic E-state index is 0.211. The van der Waals surface area contributed by atoms with Gasteiger partial charge in [-0.25, -0.2) is 4.98 Å². The van der Waals surface area contributed by atoms with Gasteiger partial charge in [-0.15, -0.1) is 11.3 Å². The van der Waals surface area contributed by atoms with Crippen LogP contribution in [0.5, 0.6) is 0 Å². The lowest BCUT2D eigenvalue weighted by Gasteiger charge is -2.09. The molecule has 0 aliphatic rings. The summed E-state index contributed by atoms with van der Waals surface area (Å²) >= 11 is 1.52. The molecule has 0 aliphatic carbocycles. The lowest BCUT2D eigenvalue weighted by Crippen LogP contribution is -2.30. The van der Waals surface area contributed by atoms with E-state index >= 15 is 0 Å². The molecule has 3 aromatic rings. The number of hydrogen-bond acceptors (Lipinski definition) is 5. The van der Waals surface area contributed by atoms with Gasteiger partial charge >= 0.3 is 0 Å². The van der Waals surface area contributed by atoms with Crippen LogP contribution in [0.4, 0.5) is 5.95 Å². The Balaban J connectivity index is 2.00. The number of fused-ring (bicyclic) bond motifs is 1. The second kappa shape index (κ2) is 5.21. The molecular formula is C15H16N4OS. The van der Waals surface area contributed by atoms with Crippen molar-refractivity contribution in [1.29, 1.82) is 0 Å². The highest BCUT2D eigenvalue weighted by atomic mass is 32.1. The van der Waals surface area contributed by atoms with E-state index in [2.05, 4.69) is 10.3 Å². The predicted octanol–water partition coefficient (Wildman–Crippen LogP) is 2.40. The first-order valence-electron chi connectivity index (χ1n) is 6.63. The molecule has 0 spiro atoms. The van der Waals surface area contributed by atoms with Crippen molar-refractivity contribution >= 4 is 27.5 Å². The van der Waals surface area contributed by atoms with Crippen LogP contribution in [0.1, 0.15) is 16.0 Å². The van der Waals surface area contributed by atoms with Gasteiger partial charge in [-0.2, -0.15) is 4.68 Å². The van der Waals surface area contributed by atoms with Crippen LogP contribution in [-0.2, 0) is 6.54 Å². The highest BCUT2D eigenvalue weighted by Gasteiger charge is 2.14. The summed E-state index contributed by atoms with van der Waals surface area (Å²) in [4.78, 5) is 18.7. The first kappa shape index (κ1) is 13.6. The molecule has 3 N–H and O–H groups in total. The van der Waals surface area contributed by atoms with Crippen LogP contribution in [0.25, 0.3) is 10.2 Å². The number of nitrogens with one attached hydrogen (secondary N) is 1. The highest BCUT2D eigenvalue weighted by Crippen LogP contribution is 2.26. The maximum Gasteiger partial charge on any atom is 0.282 e. The molecule has 2 aromatic heterocycles. The Kier molecular flexibility index (Phi) is 3.39. The molecule has 1 aromatic carbocycles. The summed E-state index contributed by atoms with van der Waals surface area (Å²) in [5, 5.41) is 3.74. The zero-order valence-corrected chi connectivity index (χ0v) is 12.7. The highest BCUT2D eigenvalue weighted by molar-refractivity contribution is 7.18. The largest absolute Gasteiger partial charge is 0.350 e. The van der Waals surface area contributed by atoms with Crippen molar-refractivity contribution in [2.75, 3.05) is 11.2 Å². The summed E-state index contributed by atoms with van der Waals surface area (Å²) in [6.45, 7) is 4.48. The van der Waals surface area contributed by atoms with E-state index in [9.17, 15) is 4.79 Å². The molecule has 3 rings (SSSR count). The molecule has 5 nitrogen and oxygen atoms in total. The fourth-order valence-corrected chi connectivity index (χ4v) is 3.23. The number of benzene rings is 1. The van der Waals surface area contributed by atoms with Crippen LogP contribution in [-0.4, -0.2) is 9.66 Å². The number of anilines is 1. The normalized spacial score (nSPS) is 11.0. The fraction of sp³-hybridized carbons (Fsp3) is 0.200. The van der Waals surface area contributed by atoms with Crippen LogP contribution in [0.3, 0.4) is 0 Å². The number of aromatic nitrogens is 2. The summed E-state index contributed by atoms with van der Waals surface area (Å²) in [5.74, 6) is 6.26. The number of nitrogen functional groups attached to an aromatic ring is 1. The van der Waals surface area contributed by atoms with Crippen molar-refractivity contribution in [2.45, 2.75) is 20.4 Å². The zero-order valence-electron chi connectivity index (χ0n) is 11.9. The molecule has 108 valence electrons. The van der Waals surface area contributed by atoms with Gasteiger partial charge in [0, 0.05) is 11.4 Å². The van der Waals surface area contributed by atoms with Crippen molar-refractivity contribution in [3.63, 3.8) is 0 Å². The van der Waals surface area contributed by atoms with Gasteiger partial charge in [-0.05, 0) is 25.0 Å². The van der Waals surface area contributed by atoms with Gasteiger partial charge in [0.05, 0.1) is 5.39 Å². The molecule has 0 atom stereocenters. The maximum atomic E-state index is 12.4. The van der Waals surface area contributed by atoms with Crippen LogP contribution < -0.4 is 16.7 Å². The van der Waals surface area contributed by atoms with E-state index in [0.717, 1.165) is 25.5 Å². The topological polar surface area (TPSA) is 72.9 Å². The molecule has 0 bridgehead atoms. The van der Waals surface area contributed by atoms with E-state index in [0.29, 0.717) is 17.9 Å². The van der Waals surface area contributed by atoms with Crippen molar-refractivity contribution in [1.82, 2.24) is 9.66 Å². The SMILES string of the molecule is Cc1sc2nc(NCc3ccccc3)n(N)c(=O)c2c1C. The molecule has 0 unspecified atom stereocenters. The van der Waals surface area contributed by atoms with Gasteiger partial charge in [0.25, 0.3) is 5.56 Å². The Morgan fingerprint density at radius 3 is 2.71 bits per heavy atom. The van der Waals surface area contributed by atoms with Gasteiger partial charge in [0.15, 0.2) is 0 Å². The average molecular weight is 300 g/mol. The van der Waals surface area contributed by atoms with Crippen molar-refractivity contribution in [3.05, 3.63) is 56.7 Å². The summed E-state index contributed by atoms with van der Waals surface area (Å²) in [6, 6.07) is 9.90. The third kappa shape index (κ3) is 2.38. The number of rotatable bonds is 3. The van der Waals surface area contributed by atoms with Crippen molar-refractivity contribution in [3.8, 4) is 0 Å². The second-order valence-electron chi connectivity index (χ2n) is 4.91. The number of thiophene rings is 1. The number of nitrogens with zero attached hydrogens (tertiary/aromatic N) is 2. The van der Waals surface area contributed by atoms with Gasteiger partial charge in [-0.3, -0.25) is 4.79 Å². The number of aryl methyl sites for hydroxylation is 2. The molecule has 0 amide bonds. The van der Waals surface area contributed by atoms with E-state index in [1.807, 2.05) is 44.2 Å². The Bertz CT molecular complexity index is 851. The standard InChI is InChI=1S/C15H16N4OS/c1-9-10(2)21-13-12(9)14(20)19(16)15(18-13)17-8-11-6-4-3-5-7-11/h3-7H,8,16H2,1-2H3,(H,17,18). The predicted molar refractivity (Wildman–Crippen MR) is 87.3 cm³/mol. The smallest absolute Gasteiger partial charge is 0.282 e. The maximum absolute atomic E-state index is 12.4. The number of nitrogens with two attached hydrogens (primary N) is 1. The van der Waals surface area contributed by atoms with Gasteiger partial charge < -0.3 is 11.2 Å². The van der Waals surface area contributed by atoms with Crippen LogP contribution >= 0.6 is 11.3 Å². The molecule has 21 heavy (non-hydrogen) atoms. The third-order valence-corrected chi connectivity index (χ3v) is 4.63. The third-order valence-electron chi connectivity index (χ3n) is 3.53. The lowest BCUT2D eigenvalue weighted by molar-refractivity contribution is 0.900. The van der Waals surface area contributed by atoms with Crippen molar-refractivity contribution < 1.29 is 0 Å². The summed E-state index contributed by atoms with van der Waals surface area (Å²) in [6.07, 6.45) is 0. The summed E-state index contributed by atoms with van der Waals surface area (Å²) in [7, 11) is 0. The van der Waals surface area contributed by atoms with E-state index in [1.54, 1.807) is 0 Å². The summed E-state index contributed by atoms with van der Waals surface area (Å²) in [5.41, 5.74) is 1.85. The van der Waals surface area contributed by atoms with Gasteiger partial charge in [0.1, 0.15) is 4.83 Å². The minimum Gasteiger partial charge on any atom is -0.350 e. The second-order valence-corrected chi connectivity index (χ2v) is 6.12. The molecule has 0 saturated carbocycles. The van der Waals surface area contributed by atoms with E-state index in [1.165, 1.54) is 11.3 Å². The van der Waals surface area contributed by atoms with Crippen molar-refractivity contribution in [2.24, 2.45) is 0 Å². The molecule has 0 saturated heterocycles. The zero-order chi connectivity index (χ0) is 15.0. The first-order valence-corrected chi connectivity index (χ1v) is 7.45. The van der Waals surface area contributed by atoms with Crippen LogP contribution in [0, 0.1) is 13.8 Å². The first-order chi connectivity index (χ1) is 10.1. The van der Waals surface area contributed by atoms with E-state index < -0.39 is 0 Å². The minimum atomic E-state index is -0.211. The van der Waals surface area contributed by atoms with Gasteiger partial charge in [0.2, 0.25) is 5.95 Å². The Labute approximate surface area is 126 Å². The molecular weight excluding hydrogens is 284 g/mol. The van der Waals surface area contributed by atoms with E-state index in [-0.39, 0.29) is 5.56 Å². The average Bonchev–Trinajstić information content (AvgIpc) is 2.77. The molecule has 0 radical (unpaired) electrons. The van der Waals surface area contributed by atoms with Gasteiger partial charge in [-0.1, -0.05) is 30.3 Å². The Morgan fingerprint density at radius 1 is 1.29 bits per heavy atom. The Hall–Kier alpha value is -2.34. The van der Waals surface area contributed by atoms with E-state index in [4.69, 9.17) is 5.84 Å². The Morgan fingerprint density at radius 2 is 2.00 bits per heavy atom. The molecule has 6 heteroatoms. The summed E-state index contributed by atoms with van der Waals surface area (Å²) < 4.78 is 1.09. The molecule has 2 heterocycles. The lowest BCUT2D eigenvalue weighted by atomic mass is 10.2.